The fraction of sp³-hybridized carbons (Fsp3) is 0.436. The summed E-state index contributed by atoms with van der Waals surface area (Å²) in [4.78, 5) is 55.5. The molecular formula is C39H48N4O9. The number of anilines is 2. The number of hydrogen-bond donors (Lipinski definition) is 3. The highest BCUT2D eigenvalue weighted by molar-refractivity contribution is 6.01. The molecule has 0 aromatic heterocycles. The first-order valence-electron chi connectivity index (χ1n) is 17.4. The second-order valence-corrected chi connectivity index (χ2v) is 12.9. The molecule has 3 unspecified atom stereocenters. The molecule has 3 aromatic carbocycles. The van der Waals surface area contributed by atoms with Gasteiger partial charge in [-0.25, -0.2) is 0 Å². The number of nitrogens with zero attached hydrogens (tertiary/aromatic N) is 1. The lowest BCUT2D eigenvalue weighted by Crippen LogP contribution is -2.41. The van der Waals surface area contributed by atoms with Crippen molar-refractivity contribution in [1.29, 1.82) is 0 Å². The number of fused-ring (bicyclic) bond motifs is 3. The largest absolute Gasteiger partial charge is 0.496 e. The van der Waals surface area contributed by atoms with Crippen molar-refractivity contribution in [3.8, 4) is 34.1 Å². The molecule has 3 N–H and O–H groups in total. The molecule has 13 nitrogen and oxygen atoms in total. The molecule has 13 heteroatoms. The van der Waals surface area contributed by atoms with E-state index in [9.17, 15) is 19.2 Å². The van der Waals surface area contributed by atoms with Gasteiger partial charge in [-0.15, -0.1) is 0 Å². The van der Waals surface area contributed by atoms with Crippen LogP contribution in [0.25, 0.3) is 11.1 Å². The second-order valence-electron chi connectivity index (χ2n) is 12.9. The van der Waals surface area contributed by atoms with Crippen LogP contribution in [0.4, 0.5) is 11.4 Å². The maximum absolute atomic E-state index is 14.0. The van der Waals surface area contributed by atoms with Gasteiger partial charge in [-0.3, -0.25) is 19.2 Å². The maximum atomic E-state index is 14.0. The highest BCUT2D eigenvalue weighted by Crippen LogP contribution is 2.50. The summed E-state index contributed by atoms with van der Waals surface area (Å²) in [7, 11) is 6.12. The number of carbonyl (C=O) groups excluding carboxylic acids is 3. The van der Waals surface area contributed by atoms with E-state index < -0.39 is 12.1 Å². The summed E-state index contributed by atoms with van der Waals surface area (Å²) in [5.41, 5.74) is 3.50. The van der Waals surface area contributed by atoms with Crippen LogP contribution in [0.1, 0.15) is 61.1 Å². The number of ether oxygens (including phenoxy) is 5. The van der Waals surface area contributed by atoms with Gasteiger partial charge in [0, 0.05) is 31.3 Å². The molecule has 3 amide bonds. The van der Waals surface area contributed by atoms with E-state index >= 15 is 0 Å². The fourth-order valence-electron chi connectivity index (χ4n) is 6.81. The summed E-state index contributed by atoms with van der Waals surface area (Å²) >= 11 is 0. The Morgan fingerprint density at radius 1 is 0.923 bits per heavy atom. The van der Waals surface area contributed by atoms with E-state index in [2.05, 4.69) is 16.0 Å². The lowest BCUT2D eigenvalue weighted by Gasteiger charge is -2.27. The van der Waals surface area contributed by atoms with E-state index in [0.29, 0.717) is 90.9 Å². The van der Waals surface area contributed by atoms with Crippen molar-refractivity contribution in [3.63, 3.8) is 0 Å². The molecule has 1 fully saturated rings. The molecule has 3 aromatic rings. The predicted molar refractivity (Wildman–Crippen MR) is 198 cm³/mol. The lowest BCUT2D eigenvalue weighted by molar-refractivity contribution is -0.120. The summed E-state index contributed by atoms with van der Waals surface area (Å²) < 4.78 is 28.1. The summed E-state index contributed by atoms with van der Waals surface area (Å²) in [6, 6.07) is 10.5. The highest BCUT2D eigenvalue weighted by Gasteiger charge is 2.31. The Hall–Kier alpha value is -5.30. The Morgan fingerprint density at radius 3 is 2.27 bits per heavy atom. The van der Waals surface area contributed by atoms with Gasteiger partial charge >= 0.3 is 0 Å². The molecular weight excluding hydrogens is 668 g/mol. The number of rotatable bonds is 12. The molecule has 1 aliphatic heterocycles. The number of benzene rings is 2. The van der Waals surface area contributed by atoms with Gasteiger partial charge in [0.25, 0.3) is 5.91 Å². The van der Waals surface area contributed by atoms with E-state index in [1.54, 1.807) is 43.4 Å². The third-order valence-corrected chi connectivity index (χ3v) is 9.72. The Bertz CT molecular complexity index is 1880. The molecule has 3 atom stereocenters. The molecule has 0 bridgehead atoms. The predicted octanol–water partition coefficient (Wildman–Crippen LogP) is 4.81. The molecule has 1 heterocycles. The van der Waals surface area contributed by atoms with E-state index in [-0.39, 0.29) is 34.8 Å². The first-order valence-corrected chi connectivity index (χ1v) is 17.4. The third kappa shape index (κ3) is 7.94. The van der Waals surface area contributed by atoms with E-state index in [1.807, 2.05) is 26.0 Å². The van der Waals surface area contributed by atoms with Gasteiger partial charge in [-0.1, -0.05) is 26.3 Å². The Labute approximate surface area is 303 Å². The van der Waals surface area contributed by atoms with Crippen molar-refractivity contribution in [2.24, 2.45) is 5.92 Å². The van der Waals surface area contributed by atoms with Gasteiger partial charge in [0.05, 0.1) is 58.9 Å². The number of aryl methyl sites for hydroxylation is 1. The molecule has 0 saturated carbocycles. The van der Waals surface area contributed by atoms with Gasteiger partial charge in [0.15, 0.2) is 11.5 Å². The van der Waals surface area contributed by atoms with Crippen LogP contribution in [-0.4, -0.2) is 83.4 Å². The van der Waals surface area contributed by atoms with Crippen molar-refractivity contribution < 1.29 is 38.1 Å². The molecule has 1 saturated heterocycles. The van der Waals surface area contributed by atoms with Crippen LogP contribution in [0, 0.1) is 5.92 Å². The second kappa shape index (κ2) is 16.8. The Balaban J connectivity index is 1.54. The molecule has 5 rings (SSSR count). The number of morpholine rings is 1. The van der Waals surface area contributed by atoms with E-state index in [4.69, 9.17) is 23.7 Å². The first kappa shape index (κ1) is 37.9. The SMILES string of the molecule is CCC(C)C(Nc1ccc2c(cc1=O)C(NC(C)=O)CCc1cc(OC)c(OC)c(OC)c1-2)C(=O)Nc1ccc(OC)c(C(=O)N2CCOCC2)c1. The van der Waals surface area contributed by atoms with Crippen LogP contribution in [0.5, 0.6) is 23.0 Å². The number of carbonyl (C=O) groups is 3. The van der Waals surface area contributed by atoms with Gasteiger partial charge in [0.1, 0.15) is 11.8 Å². The summed E-state index contributed by atoms with van der Waals surface area (Å²) in [5, 5.41) is 9.20. The number of hydrogen-bond acceptors (Lipinski definition) is 10. The van der Waals surface area contributed by atoms with Gasteiger partial charge in [-0.05, 0) is 71.8 Å². The van der Waals surface area contributed by atoms with Crippen LogP contribution < -0.4 is 40.3 Å². The first-order chi connectivity index (χ1) is 25.0. The molecule has 278 valence electrons. The quantitative estimate of drug-likeness (QED) is 0.238. The zero-order valence-electron chi connectivity index (χ0n) is 30.8. The average molecular weight is 717 g/mol. The number of nitrogens with one attached hydrogen (secondary N) is 3. The van der Waals surface area contributed by atoms with Crippen LogP contribution >= 0.6 is 0 Å². The van der Waals surface area contributed by atoms with E-state index in [0.717, 1.165) is 11.1 Å². The molecule has 1 aliphatic carbocycles. The van der Waals surface area contributed by atoms with Crippen molar-refractivity contribution >= 4 is 29.1 Å². The zero-order chi connectivity index (χ0) is 37.5. The molecule has 52 heavy (non-hydrogen) atoms. The fourth-order valence-corrected chi connectivity index (χ4v) is 6.81. The smallest absolute Gasteiger partial charge is 0.257 e. The molecule has 0 radical (unpaired) electrons. The number of amides is 3. The van der Waals surface area contributed by atoms with Gasteiger partial charge < -0.3 is 44.5 Å². The van der Waals surface area contributed by atoms with Gasteiger partial charge in [-0.2, -0.15) is 0 Å². The minimum Gasteiger partial charge on any atom is -0.496 e. The summed E-state index contributed by atoms with van der Waals surface area (Å²) in [6.07, 6.45) is 1.71. The summed E-state index contributed by atoms with van der Waals surface area (Å²) in [6.45, 7) is 7.15. The molecule has 2 aliphatic rings. The van der Waals surface area contributed by atoms with Crippen molar-refractivity contribution in [2.45, 2.75) is 52.1 Å². The van der Waals surface area contributed by atoms with Crippen molar-refractivity contribution in [2.75, 3.05) is 65.4 Å². The van der Waals surface area contributed by atoms with Crippen LogP contribution in [0.3, 0.4) is 0 Å². The maximum Gasteiger partial charge on any atom is 0.257 e. The van der Waals surface area contributed by atoms with Crippen LogP contribution in [-0.2, 0) is 20.7 Å². The Morgan fingerprint density at radius 2 is 1.63 bits per heavy atom. The van der Waals surface area contributed by atoms with Crippen LogP contribution in [0.15, 0.2) is 47.3 Å². The topological polar surface area (TPSA) is 154 Å². The molecule has 0 spiro atoms. The minimum absolute atomic E-state index is 0.194. The lowest BCUT2D eigenvalue weighted by atomic mass is 9.95. The van der Waals surface area contributed by atoms with Crippen molar-refractivity contribution in [3.05, 3.63) is 69.4 Å². The zero-order valence-corrected chi connectivity index (χ0v) is 30.8. The van der Waals surface area contributed by atoms with Crippen LogP contribution in [0.2, 0.25) is 0 Å². The number of methoxy groups -OCH3 is 4. The van der Waals surface area contributed by atoms with Crippen molar-refractivity contribution in [1.82, 2.24) is 10.2 Å². The standard InChI is InChI=1S/C39H48N4O9/c1-8-22(2)35(38(46)41-25-10-14-32(48-4)28(20-25)39(47)43-15-17-52-18-16-43)42-30-13-11-26-27(21-31(30)45)29(40-23(3)44)12-9-24-19-33(49-5)36(50-6)37(51-7)34(24)26/h10-11,13-14,19-22,29,35H,8-9,12,15-18H2,1-7H3,(H,40,44)(H,41,46)(H,42,45). The summed E-state index contributed by atoms with van der Waals surface area (Å²) in [5.74, 6) is 0.721. The minimum atomic E-state index is -0.822. The van der Waals surface area contributed by atoms with E-state index in [1.165, 1.54) is 27.2 Å². The van der Waals surface area contributed by atoms with Gasteiger partial charge in [0.2, 0.25) is 23.0 Å². The normalized spacial score (nSPS) is 16.2. The third-order valence-electron chi connectivity index (χ3n) is 9.72. The monoisotopic (exact) mass is 716 g/mol. The average Bonchev–Trinajstić information content (AvgIpc) is 3.40. The highest BCUT2D eigenvalue weighted by atomic mass is 16.5. The Kier molecular flexibility index (Phi) is 12.3.